The summed E-state index contributed by atoms with van der Waals surface area (Å²) in [5.74, 6) is 0.217. The Kier molecular flexibility index (Phi) is 4.16. The van der Waals surface area contributed by atoms with Gasteiger partial charge in [0.15, 0.2) is 0 Å². The van der Waals surface area contributed by atoms with Crippen molar-refractivity contribution in [2.45, 2.75) is 0 Å². The summed E-state index contributed by atoms with van der Waals surface area (Å²) in [4.78, 5) is 33.4. The number of non-ortho nitro benzene ring substituents is 1. The molecular weight excluding hydrogens is 290 g/mol. The van der Waals surface area contributed by atoms with Gasteiger partial charge in [-0.2, -0.15) is 5.10 Å². The maximum Gasteiger partial charge on any atom is 0.332 e. The van der Waals surface area contributed by atoms with Crippen LogP contribution in [-0.2, 0) is 14.1 Å². The molecule has 2 rings (SSSR count). The number of nitro benzene ring substituents is 1. The molecule has 0 aliphatic carbocycles. The Morgan fingerprint density at radius 1 is 1.23 bits per heavy atom. The molecule has 1 aromatic carbocycles. The average molecular weight is 303 g/mol. The van der Waals surface area contributed by atoms with E-state index in [1.165, 1.54) is 49.1 Å². The number of hydrazone groups is 1. The summed E-state index contributed by atoms with van der Waals surface area (Å²) in [6, 6.07) is 7.13. The Morgan fingerprint density at radius 2 is 1.95 bits per heavy atom. The molecule has 9 heteroatoms. The summed E-state index contributed by atoms with van der Waals surface area (Å²) in [7, 11) is 2.87. The van der Waals surface area contributed by atoms with E-state index < -0.39 is 16.2 Å². The molecule has 0 bridgehead atoms. The number of hydrogen-bond donors (Lipinski definition) is 1. The SMILES string of the molecule is Cn1c(NN=Cc2cccc([N+](=O)[O-])c2)cc(=O)n(C)c1=O. The van der Waals surface area contributed by atoms with Gasteiger partial charge in [0.1, 0.15) is 5.82 Å². The van der Waals surface area contributed by atoms with E-state index in [4.69, 9.17) is 0 Å². The average Bonchev–Trinajstić information content (AvgIpc) is 2.50. The lowest BCUT2D eigenvalue weighted by Gasteiger charge is -2.07. The first kappa shape index (κ1) is 15.2. The van der Waals surface area contributed by atoms with Gasteiger partial charge in [-0.05, 0) is 0 Å². The van der Waals surface area contributed by atoms with Crippen LogP contribution in [0, 0.1) is 10.1 Å². The van der Waals surface area contributed by atoms with Gasteiger partial charge in [0.05, 0.1) is 11.1 Å². The summed E-state index contributed by atoms with van der Waals surface area (Å²) in [6.45, 7) is 0. The Morgan fingerprint density at radius 3 is 2.64 bits per heavy atom. The molecule has 1 aromatic heterocycles. The minimum atomic E-state index is -0.505. The van der Waals surface area contributed by atoms with Crippen molar-refractivity contribution in [1.29, 1.82) is 0 Å². The number of nitrogens with one attached hydrogen (secondary N) is 1. The second-order valence-electron chi connectivity index (χ2n) is 4.49. The molecule has 0 spiro atoms. The number of nitro groups is 1. The molecule has 0 amide bonds. The van der Waals surface area contributed by atoms with Gasteiger partial charge in [0.2, 0.25) is 0 Å². The highest BCUT2D eigenvalue weighted by molar-refractivity contribution is 5.81. The lowest BCUT2D eigenvalue weighted by atomic mass is 10.2. The first-order chi connectivity index (χ1) is 10.4. The molecule has 0 fully saturated rings. The summed E-state index contributed by atoms with van der Waals surface area (Å²) in [6.07, 6.45) is 1.36. The fourth-order valence-corrected chi connectivity index (χ4v) is 1.73. The van der Waals surface area contributed by atoms with Crippen molar-refractivity contribution in [2.24, 2.45) is 19.2 Å². The lowest BCUT2D eigenvalue weighted by Crippen LogP contribution is -2.37. The van der Waals surface area contributed by atoms with Crippen LogP contribution in [0.15, 0.2) is 45.0 Å². The predicted octanol–water partition coefficient (Wildman–Crippen LogP) is 0.438. The third kappa shape index (κ3) is 3.08. The molecule has 114 valence electrons. The maximum absolute atomic E-state index is 11.7. The van der Waals surface area contributed by atoms with Crippen LogP contribution in [0.3, 0.4) is 0 Å². The van der Waals surface area contributed by atoms with E-state index in [0.717, 1.165) is 4.57 Å². The van der Waals surface area contributed by atoms with Crippen LogP contribution in [-0.4, -0.2) is 20.3 Å². The zero-order valence-electron chi connectivity index (χ0n) is 11.9. The Bertz CT molecular complexity index is 865. The smallest absolute Gasteiger partial charge is 0.281 e. The van der Waals surface area contributed by atoms with Gasteiger partial charge in [0, 0.05) is 37.9 Å². The lowest BCUT2D eigenvalue weighted by molar-refractivity contribution is -0.384. The molecule has 0 radical (unpaired) electrons. The molecule has 0 aliphatic heterocycles. The molecular formula is C13H13N5O4. The van der Waals surface area contributed by atoms with Crippen LogP contribution in [0.2, 0.25) is 0 Å². The highest BCUT2D eigenvalue weighted by Gasteiger charge is 2.05. The number of aromatic nitrogens is 2. The van der Waals surface area contributed by atoms with E-state index >= 15 is 0 Å². The molecule has 2 aromatic rings. The van der Waals surface area contributed by atoms with Crippen LogP contribution in [0.5, 0.6) is 0 Å². The van der Waals surface area contributed by atoms with Crippen LogP contribution in [0.4, 0.5) is 11.5 Å². The van der Waals surface area contributed by atoms with E-state index in [1.54, 1.807) is 6.07 Å². The second-order valence-corrected chi connectivity index (χ2v) is 4.49. The molecule has 0 aliphatic rings. The standard InChI is InChI=1S/C13H13N5O4/c1-16-11(7-12(19)17(2)13(16)20)15-14-8-9-4-3-5-10(6-9)18(21)22/h3-8,15H,1-2H3. The van der Waals surface area contributed by atoms with Crippen molar-refractivity contribution in [2.75, 3.05) is 5.43 Å². The summed E-state index contributed by atoms with van der Waals surface area (Å²) in [5, 5.41) is 14.5. The van der Waals surface area contributed by atoms with Crippen LogP contribution >= 0.6 is 0 Å². The largest absolute Gasteiger partial charge is 0.332 e. The molecule has 0 atom stereocenters. The van der Waals surface area contributed by atoms with Crippen LogP contribution < -0.4 is 16.7 Å². The second kappa shape index (κ2) is 6.04. The van der Waals surface area contributed by atoms with Crippen molar-refractivity contribution >= 4 is 17.7 Å². The van der Waals surface area contributed by atoms with Crippen molar-refractivity contribution in [3.8, 4) is 0 Å². The van der Waals surface area contributed by atoms with Crippen LogP contribution in [0.25, 0.3) is 0 Å². The van der Waals surface area contributed by atoms with E-state index in [9.17, 15) is 19.7 Å². The topological polar surface area (TPSA) is 112 Å². The van der Waals surface area contributed by atoms with E-state index in [1.807, 2.05) is 0 Å². The van der Waals surface area contributed by atoms with Gasteiger partial charge >= 0.3 is 5.69 Å². The summed E-state index contributed by atoms with van der Waals surface area (Å²) >= 11 is 0. The first-order valence-corrected chi connectivity index (χ1v) is 6.21. The number of anilines is 1. The van der Waals surface area contributed by atoms with E-state index in [0.29, 0.717) is 5.56 Å². The van der Waals surface area contributed by atoms with Crippen molar-refractivity contribution < 1.29 is 4.92 Å². The number of nitrogens with zero attached hydrogens (tertiary/aromatic N) is 4. The van der Waals surface area contributed by atoms with Gasteiger partial charge < -0.3 is 0 Å². The van der Waals surface area contributed by atoms with Gasteiger partial charge in [-0.3, -0.25) is 29.5 Å². The molecule has 0 unspecified atom stereocenters. The Balaban J connectivity index is 2.24. The van der Waals surface area contributed by atoms with Crippen molar-refractivity contribution in [3.05, 3.63) is 66.8 Å². The van der Waals surface area contributed by atoms with E-state index in [2.05, 4.69) is 10.5 Å². The van der Waals surface area contributed by atoms with Gasteiger partial charge in [-0.1, -0.05) is 12.1 Å². The molecule has 22 heavy (non-hydrogen) atoms. The Hall–Kier alpha value is -3.23. The molecule has 1 heterocycles. The molecule has 1 N–H and O–H groups in total. The van der Waals surface area contributed by atoms with Gasteiger partial charge in [-0.25, -0.2) is 4.79 Å². The van der Waals surface area contributed by atoms with Crippen LogP contribution in [0.1, 0.15) is 5.56 Å². The first-order valence-electron chi connectivity index (χ1n) is 6.21. The minimum Gasteiger partial charge on any atom is -0.281 e. The highest BCUT2D eigenvalue weighted by atomic mass is 16.6. The molecule has 0 saturated heterocycles. The quantitative estimate of drug-likeness (QED) is 0.500. The fourth-order valence-electron chi connectivity index (χ4n) is 1.73. The third-order valence-corrected chi connectivity index (χ3v) is 3.00. The minimum absolute atomic E-state index is 0.0510. The van der Waals surface area contributed by atoms with E-state index in [-0.39, 0.29) is 11.5 Å². The zero-order valence-corrected chi connectivity index (χ0v) is 11.9. The monoisotopic (exact) mass is 303 g/mol. The molecule has 9 nitrogen and oxygen atoms in total. The Labute approximate surface area is 124 Å². The normalized spacial score (nSPS) is 10.8. The molecule has 0 saturated carbocycles. The summed E-state index contributed by atoms with van der Waals surface area (Å²) in [5.41, 5.74) is 2.08. The van der Waals surface area contributed by atoms with Crippen molar-refractivity contribution in [1.82, 2.24) is 9.13 Å². The predicted molar refractivity (Wildman–Crippen MR) is 81.2 cm³/mol. The fraction of sp³-hybridized carbons (Fsp3) is 0.154. The third-order valence-electron chi connectivity index (χ3n) is 3.00. The van der Waals surface area contributed by atoms with Gasteiger partial charge in [0.25, 0.3) is 11.2 Å². The summed E-state index contributed by atoms with van der Waals surface area (Å²) < 4.78 is 2.20. The number of rotatable bonds is 4. The maximum atomic E-state index is 11.7. The van der Waals surface area contributed by atoms with Gasteiger partial charge in [-0.15, -0.1) is 0 Å². The highest BCUT2D eigenvalue weighted by Crippen LogP contribution is 2.11. The van der Waals surface area contributed by atoms with Crippen molar-refractivity contribution in [3.63, 3.8) is 0 Å². The zero-order chi connectivity index (χ0) is 16.3. The number of hydrogen-bond acceptors (Lipinski definition) is 6. The number of benzene rings is 1.